The highest BCUT2D eigenvalue weighted by molar-refractivity contribution is 8.02. The molecule has 0 fully saturated rings. The highest BCUT2D eigenvalue weighted by atomic mass is 32.2. The van der Waals surface area contributed by atoms with Crippen LogP contribution in [0.4, 0.5) is 10.8 Å². The van der Waals surface area contributed by atoms with Crippen molar-refractivity contribution in [2.45, 2.75) is 23.4 Å². The van der Waals surface area contributed by atoms with Gasteiger partial charge in [-0.2, -0.15) is 0 Å². The third-order valence-electron chi connectivity index (χ3n) is 2.51. The fourth-order valence-corrected chi connectivity index (χ4v) is 3.34. The molecule has 0 aliphatic carbocycles. The Morgan fingerprint density at radius 1 is 1.48 bits per heavy atom. The number of aromatic nitrogens is 2. The molecule has 8 heteroatoms. The van der Waals surface area contributed by atoms with Crippen LogP contribution in [-0.4, -0.2) is 28.0 Å². The van der Waals surface area contributed by atoms with Gasteiger partial charge in [-0.3, -0.25) is 4.79 Å². The van der Waals surface area contributed by atoms with E-state index in [2.05, 4.69) is 15.5 Å². The zero-order valence-corrected chi connectivity index (χ0v) is 13.3. The van der Waals surface area contributed by atoms with Gasteiger partial charge in [0.05, 0.1) is 17.5 Å². The minimum atomic E-state index is -0.369. The molecule has 112 valence electrons. The average molecular weight is 324 g/mol. The average Bonchev–Trinajstić information content (AvgIpc) is 2.88. The van der Waals surface area contributed by atoms with E-state index in [1.807, 2.05) is 31.2 Å². The summed E-state index contributed by atoms with van der Waals surface area (Å²) >= 11 is 2.66. The normalized spacial score (nSPS) is 11.9. The summed E-state index contributed by atoms with van der Waals surface area (Å²) in [6.45, 7) is 4.26. The molecule has 2 aromatic rings. The number of anilines is 2. The van der Waals surface area contributed by atoms with Crippen LogP contribution in [0.5, 0.6) is 5.75 Å². The SMILES string of the molecule is CCOc1ccccc1Nc1nnc(S[C@@H](C)C(N)=O)s1. The van der Waals surface area contributed by atoms with E-state index in [-0.39, 0.29) is 11.2 Å². The molecule has 1 amide bonds. The lowest BCUT2D eigenvalue weighted by Crippen LogP contribution is -2.22. The Morgan fingerprint density at radius 2 is 2.24 bits per heavy atom. The number of nitrogens with zero attached hydrogens (tertiary/aromatic N) is 2. The summed E-state index contributed by atoms with van der Waals surface area (Å²) in [6, 6.07) is 7.62. The van der Waals surface area contributed by atoms with Crippen LogP contribution in [-0.2, 0) is 4.79 Å². The Kier molecular flexibility index (Phi) is 5.40. The molecule has 1 aromatic carbocycles. The third-order valence-corrected chi connectivity index (χ3v) is 4.55. The van der Waals surface area contributed by atoms with Crippen molar-refractivity contribution in [3.8, 4) is 5.75 Å². The molecule has 0 radical (unpaired) electrons. The standard InChI is InChI=1S/C13H16N4O2S2/c1-3-19-10-7-5-4-6-9(10)15-12-16-17-13(21-12)20-8(2)11(14)18/h4-8H,3H2,1-2H3,(H2,14,18)(H,15,16)/t8-/m0/s1. The van der Waals surface area contributed by atoms with Gasteiger partial charge in [0.25, 0.3) is 0 Å². The number of carbonyl (C=O) groups is 1. The molecule has 1 atom stereocenters. The number of primary amides is 1. The Balaban J connectivity index is 2.07. The maximum absolute atomic E-state index is 11.0. The van der Waals surface area contributed by atoms with E-state index in [4.69, 9.17) is 10.5 Å². The molecule has 0 aliphatic rings. The molecule has 1 heterocycles. The number of ether oxygens (including phenoxy) is 1. The lowest BCUT2D eigenvalue weighted by atomic mass is 10.3. The van der Waals surface area contributed by atoms with Crippen LogP contribution < -0.4 is 15.8 Å². The molecular formula is C13H16N4O2S2. The van der Waals surface area contributed by atoms with E-state index < -0.39 is 0 Å². The van der Waals surface area contributed by atoms with Crippen LogP contribution in [0.3, 0.4) is 0 Å². The van der Waals surface area contributed by atoms with Gasteiger partial charge in [0, 0.05) is 0 Å². The third kappa shape index (κ3) is 4.33. The zero-order valence-electron chi connectivity index (χ0n) is 11.7. The lowest BCUT2D eigenvalue weighted by Gasteiger charge is -2.09. The van der Waals surface area contributed by atoms with Crippen LogP contribution >= 0.6 is 23.1 Å². The van der Waals surface area contributed by atoms with E-state index >= 15 is 0 Å². The molecule has 0 spiro atoms. The number of nitrogens with one attached hydrogen (secondary N) is 1. The number of amides is 1. The van der Waals surface area contributed by atoms with Gasteiger partial charge in [0.1, 0.15) is 5.75 Å². The first-order chi connectivity index (χ1) is 10.1. The molecule has 6 nitrogen and oxygen atoms in total. The minimum absolute atomic E-state index is 0.332. The molecule has 0 saturated heterocycles. The van der Waals surface area contributed by atoms with E-state index in [1.54, 1.807) is 6.92 Å². The first-order valence-corrected chi connectivity index (χ1v) is 8.08. The van der Waals surface area contributed by atoms with E-state index in [0.717, 1.165) is 11.4 Å². The van der Waals surface area contributed by atoms with Gasteiger partial charge in [0.15, 0.2) is 4.34 Å². The lowest BCUT2D eigenvalue weighted by molar-refractivity contribution is -0.117. The summed E-state index contributed by atoms with van der Waals surface area (Å²) in [7, 11) is 0. The Bertz CT molecular complexity index is 618. The van der Waals surface area contributed by atoms with Crippen LogP contribution in [0.1, 0.15) is 13.8 Å². The maximum Gasteiger partial charge on any atom is 0.230 e. The first kappa shape index (κ1) is 15.6. The second kappa shape index (κ2) is 7.28. The minimum Gasteiger partial charge on any atom is -0.492 e. The predicted molar refractivity (Wildman–Crippen MR) is 85.3 cm³/mol. The van der Waals surface area contributed by atoms with Crippen LogP contribution in [0, 0.1) is 0 Å². The molecule has 3 N–H and O–H groups in total. The number of hydrogen-bond donors (Lipinski definition) is 2. The van der Waals surface area contributed by atoms with Gasteiger partial charge in [-0.05, 0) is 26.0 Å². The van der Waals surface area contributed by atoms with Crippen LogP contribution in [0.25, 0.3) is 0 Å². The Morgan fingerprint density at radius 3 is 2.95 bits per heavy atom. The zero-order chi connectivity index (χ0) is 15.2. The molecular weight excluding hydrogens is 308 g/mol. The highest BCUT2D eigenvalue weighted by Gasteiger charge is 2.14. The largest absolute Gasteiger partial charge is 0.492 e. The second-order valence-electron chi connectivity index (χ2n) is 4.09. The highest BCUT2D eigenvalue weighted by Crippen LogP contribution is 2.32. The molecule has 1 aromatic heterocycles. The molecule has 0 aliphatic heterocycles. The summed E-state index contributed by atoms with van der Waals surface area (Å²) in [5, 5.41) is 11.6. The number of nitrogens with two attached hydrogens (primary N) is 1. The van der Waals surface area contributed by atoms with Crippen LogP contribution in [0.2, 0.25) is 0 Å². The summed E-state index contributed by atoms with van der Waals surface area (Å²) < 4.78 is 6.23. The maximum atomic E-state index is 11.0. The van der Waals surface area contributed by atoms with Crippen LogP contribution in [0.15, 0.2) is 28.6 Å². The molecule has 21 heavy (non-hydrogen) atoms. The number of benzene rings is 1. The number of rotatable bonds is 7. The molecule has 2 rings (SSSR count). The van der Waals surface area contributed by atoms with Gasteiger partial charge in [-0.1, -0.05) is 35.2 Å². The Hall–Kier alpha value is -1.80. The molecule has 0 bridgehead atoms. The van der Waals surface area contributed by atoms with Crippen molar-refractivity contribution in [1.82, 2.24) is 10.2 Å². The van der Waals surface area contributed by atoms with Crippen molar-refractivity contribution < 1.29 is 9.53 Å². The monoisotopic (exact) mass is 324 g/mol. The van der Waals surface area contributed by atoms with Crippen molar-refractivity contribution >= 4 is 39.8 Å². The van der Waals surface area contributed by atoms with E-state index in [0.29, 0.717) is 16.1 Å². The van der Waals surface area contributed by atoms with Gasteiger partial charge >= 0.3 is 0 Å². The van der Waals surface area contributed by atoms with Crippen molar-refractivity contribution in [2.24, 2.45) is 5.73 Å². The number of carbonyl (C=O) groups excluding carboxylic acids is 1. The summed E-state index contributed by atoms with van der Waals surface area (Å²) in [5.41, 5.74) is 6.06. The van der Waals surface area contributed by atoms with Crippen molar-refractivity contribution in [3.05, 3.63) is 24.3 Å². The quantitative estimate of drug-likeness (QED) is 0.761. The van der Waals surface area contributed by atoms with Gasteiger partial charge in [-0.25, -0.2) is 0 Å². The summed E-state index contributed by atoms with van der Waals surface area (Å²) in [5.74, 6) is 0.390. The Labute approximate surface area is 131 Å². The topological polar surface area (TPSA) is 90.1 Å². The first-order valence-electron chi connectivity index (χ1n) is 6.38. The van der Waals surface area contributed by atoms with Crippen molar-refractivity contribution in [3.63, 3.8) is 0 Å². The van der Waals surface area contributed by atoms with Crippen molar-refractivity contribution in [2.75, 3.05) is 11.9 Å². The molecule has 0 saturated carbocycles. The summed E-state index contributed by atoms with van der Waals surface area (Å²) in [4.78, 5) is 11.0. The van der Waals surface area contributed by atoms with E-state index in [1.165, 1.54) is 23.1 Å². The predicted octanol–water partition coefficient (Wildman–Crippen LogP) is 2.65. The van der Waals surface area contributed by atoms with Crippen molar-refractivity contribution in [1.29, 1.82) is 0 Å². The van der Waals surface area contributed by atoms with E-state index in [9.17, 15) is 4.79 Å². The fourth-order valence-electron chi connectivity index (χ4n) is 1.48. The summed E-state index contributed by atoms with van der Waals surface area (Å²) in [6.07, 6.45) is 0. The molecule has 0 unspecified atom stereocenters. The second-order valence-corrected chi connectivity index (χ2v) is 6.66. The smallest absolute Gasteiger partial charge is 0.230 e. The number of thioether (sulfide) groups is 1. The van der Waals surface area contributed by atoms with Gasteiger partial charge in [0.2, 0.25) is 11.0 Å². The number of hydrogen-bond acceptors (Lipinski definition) is 7. The fraction of sp³-hybridized carbons (Fsp3) is 0.308. The van der Waals surface area contributed by atoms with Gasteiger partial charge < -0.3 is 15.8 Å². The van der Waals surface area contributed by atoms with Gasteiger partial charge in [-0.15, -0.1) is 10.2 Å². The number of para-hydroxylation sites is 2.